The molecule has 1 aliphatic rings. The highest BCUT2D eigenvalue weighted by Gasteiger charge is 2.52. The number of hydrogen-bond donors (Lipinski definition) is 0. The number of imidazole rings is 2. The second-order valence-electron chi connectivity index (χ2n) is 26.4. The Morgan fingerprint density at radius 1 is 0.415 bits per heavy atom. The number of methoxy groups -OCH3 is 2. The second kappa shape index (κ2) is 25.4. The Balaban J connectivity index is 0.000000140. The molecule has 0 radical (unpaired) electrons. The molecule has 1 saturated heterocycles. The summed E-state index contributed by atoms with van der Waals surface area (Å²) >= 11 is 5.88. The standard InChI is InChI=1S/C37H33N3O2.C31H37BN2O2.C12H8ClNO2/c1-22(2)26-13-9-14-27(23(3)4)36(26)40-30-16-7-6-15-29(30)39-37(40)25-12-8-11-24(21-25)28-19-20-33-35(38-28)34-31(41-5)17-10-18-32(34)42-33;1-20(2)24-15-12-16-25(21(3)4)28(24)34-27-18-10-9-17-26(27)33-29(34)22-13-11-14-23(19-22)32-35-30(5,6)31(7,8)36-32;1-15-7-3-2-4-8-11(7)12-9(16-8)5-6-10(13)14-12/h6-23H,1-5H3;9-21H,1-8H3;2-6H,1H3. The molecule has 6 aromatic heterocycles. The minimum absolute atomic E-state index is 0.358. The first-order valence-corrected chi connectivity index (χ1v) is 32.8. The van der Waals surface area contributed by atoms with Crippen molar-refractivity contribution in [1.82, 2.24) is 29.1 Å². The van der Waals surface area contributed by atoms with E-state index in [2.05, 4.69) is 231 Å². The van der Waals surface area contributed by atoms with E-state index >= 15 is 0 Å². The number of aromatic nitrogens is 6. The van der Waals surface area contributed by atoms with Crippen molar-refractivity contribution >= 4 is 90.4 Å². The fourth-order valence-corrected chi connectivity index (χ4v) is 13.0. The van der Waals surface area contributed by atoms with Gasteiger partial charge >= 0.3 is 7.12 Å². The summed E-state index contributed by atoms with van der Waals surface area (Å²) in [4.78, 5) is 19.7. The highest BCUT2D eigenvalue weighted by molar-refractivity contribution is 6.62. The number of rotatable bonds is 12. The van der Waals surface area contributed by atoms with E-state index in [0.717, 1.165) is 112 Å². The molecule has 15 rings (SSSR count). The van der Waals surface area contributed by atoms with Gasteiger partial charge in [-0.3, -0.25) is 9.13 Å². The number of nitrogens with zero attached hydrogens (tertiary/aromatic N) is 6. The molecule has 14 aromatic rings. The average molecular weight is 1270 g/mol. The molecule has 0 amide bonds. The fourth-order valence-electron chi connectivity index (χ4n) is 12.8. The van der Waals surface area contributed by atoms with E-state index < -0.39 is 7.12 Å². The van der Waals surface area contributed by atoms with Gasteiger partial charge in [0.1, 0.15) is 50.5 Å². The predicted molar refractivity (Wildman–Crippen MR) is 385 cm³/mol. The van der Waals surface area contributed by atoms with Crippen molar-refractivity contribution in [2.24, 2.45) is 0 Å². The van der Waals surface area contributed by atoms with Gasteiger partial charge in [0.15, 0.2) is 11.2 Å². The Labute approximate surface area is 554 Å². The van der Waals surface area contributed by atoms with Crippen LogP contribution in [0.5, 0.6) is 11.5 Å². The van der Waals surface area contributed by atoms with E-state index in [1.807, 2.05) is 54.6 Å². The van der Waals surface area contributed by atoms with Crippen molar-refractivity contribution in [2.45, 2.75) is 118 Å². The Morgan fingerprint density at radius 2 is 0.830 bits per heavy atom. The van der Waals surface area contributed by atoms with E-state index in [4.69, 9.17) is 54.2 Å². The van der Waals surface area contributed by atoms with Gasteiger partial charge in [-0.15, -0.1) is 0 Å². The minimum atomic E-state index is -0.415. The van der Waals surface area contributed by atoms with Gasteiger partial charge in [-0.05, 0) is 158 Å². The van der Waals surface area contributed by atoms with Gasteiger partial charge in [0.25, 0.3) is 0 Å². The molecule has 474 valence electrons. The van der Waals surface area contributed by atoms with Crippen molar-refractivity contribution in [2.75, 3.05) is 14.2 Å². The van der Waals surface area contributed by atoms with Crippen LogP contribution in [0.25, 0.3) is 112 Å². The van der Waals surface area contributed by atoms with Crippen molar-refractivity contribution in [3.8, 4) is 56.9 Å². The van der Waals surface area contributed by atoms with Crippen molar-refractivity contribution < 1.29 is 27.6 Å². The lowest BCUT2D eigenvalue weighted by molar-refractivity contribution is 0.00578. The molecular weight excluding hydrogens is 1190 g/mol. The highest BCUT2D eigenvalue weighted by atomic mass is 35.5. The molecule has 0 bridgehead atoms. The molecule has 0 spiro atoms. The third kappa shape index (κ3) is 11.6. The Bertz CT molecular complexity index is 5080. The maximum Gasteiger partial charge on any atom is 0.494 e. The molecule has 0 atom stereocenters. The molecule has 0 saturated carbocycles. The zero-order valence-corrected chi connectivity index (χ0v) is 56.6. The number of halogens is 1. The SMILES string of the molecule is CC(C)c1cccc(C(C)C)c1-n1c(-c2cccc(B3OC(C)(C)C(C)(C)O3)c2)nc2ccccc21.COc1cccc2oc3ccc(-c4cccc(-c5nc6ccccc6n5-c5c(C(C)C)cccc5C(C)C)c4)nc3c12.COc1cccc2oc3ccc(Cl)nc3c12. The molecule has 1 fully saturated rings. The molecule has 0 aliphatic carbocycles. The van der Waals surface area contributed by atoms with Crippen molar-refractivity contribution in [3.05, 3.63) is 222 Å². The summed E-state index contributed by atoms with van der Waals surface area (Å²) < 4.78 is 40.1. The third-order valence-corrected chi connectivity index (χ3v) is 18.6. The normalized spacial score (nSPS) is 13.7. The molecule has 94 heavy (non-hydrogen) atoms. The number of ether oxygens (including phenoxy) is 2. The zero-order chi connectivity index (χ0) is 65.9. The second-order valence-corrected chi connectivity index (χ2v) is 26.8. The first-order chi connectivity index (χ1) is 45.2. The van der Waals surface area contributed by atoms with Gasteiger partial charge in [-0.2, -0.15) is 0 Å². The molecule has 0 N–H and O–H groups in total. The van der Waals surface area contributed by atoms with E-state index in [-0.39, 0.29) is 11.2 Å². The molecule has 1 aliphatic heterocycles. The van der Waals surface area contributed by atoms with Gasteiger partial charge in [0, 0.05) is 16.7 Å². The van der Waals surface area contributed by atoms with Crippen LogP contribution in [0.1, 0.15) is 129 Å². The maximum absolute atomic E-state index is 6.37. The number of hydrogen-bond acceptors (Lipinski definition) is 10. The maximum atomic E-state index is 6.37. The lowest BCUT2D eigenvalue weighted by Crippen LogP contribution is -2.41. The molecule has 7 heterocycles. The summed E-state index contributed by atoms with van der Waals surface area (Å²) in [6.07, 6.45) is 0. The number of furan rings is 2. The molecule has 8 aromatic carbocycles. The molecule has 0 unspecified atom stereocenters. The van der Waals surface area contributed by atoms with Gasteiger partial charge in [0.2, 0.25) is 0 Å². The van der Waals surface area contributed by atoms with Crippen molar-refractivity contribution in [3.63, 3.8) is 0 Å². The molecule has 14 heteroatoms. The van der Waals surface area contributed by atoms with Crippen LogP contribution in [-0.2, 0) is 9.31 Å². The first-order valence-electron chi connectivity index (χ1n) is 32.4. The molecule has 12 nitrogen and oxygen atoms in total. The van der Waals surface area contributed by atoms with Crippen LogP contribution in [0.15, 0.2) is 203 Å². The van der Waals surface area contributed by atoms with Crippen molar-refractivity contribution in [1.29, 1.82) is 0 Å². The van der Waals surface area contributed by atoms with Crippen LogP contribution in [0.2, 0.25) is 5.15 Å². The Kier molecular flexibility index (Phi) is 17.1. The zero-order valence-electron chi connectivity index (χ0n) is 55.9. The van der Waals surface area contributed by atoms with Gasteiger partial charge in [0.05, 0.1) is 75.3 Å². The lowest BCUT2D eigenvalue weighted by Gasteiger charge is -2.32. The monoisotopic (exact) mass is 1260 g/mol. The van der Waals surface area contributed by atoms with Gasteiger partial charge < -0.3 is 27.6 Å². The fraction of sp³-hybridized carbons (Fsp3) is 0.250. The van der Waals surface area contributed by atoms with Crippen LogP contribution in [0.4, 0.5) is 0 Å². The smallest absolute Gasteiger partial charge is 0.494 e. The van der Waals surface area contributed by atoms with Crippen LogP contribution >= 0.6 is 11.6 Å². The van der Waals surface area contributed by atoms with Gasteiger partial charge in [-0.1, -0.05) is 182 Å². The predicted octanol–water partition coefficient (Wildman–Crippen LogP) is 20.8. The van der Waals surface area contributed by atoms with E-state index in [9.17, 15) is 0 Å². The van der Waals surface area contributed by atoms with Crippen LogP contribution in [-0.4, -0.2) is 61.6 Å². The van der Waals surface area contributed by atoms with Crippen LogP contribution in [0.3, 0.4) is 0 Å². The summed E-state index contributed by atoms with van der Waals surface area (Å²) in [7, 11) is 2.88. The number of fused-ring (bicyclic) bond motifs is 8. The highest BCUT2D eigenvalue weighted by Crippen LogP contribution is 2.43. The summed E-state index contributed by atoms with van der Waals surface area (Å²) in [5, 5.41) is 2.20. The average Bonchev–Trinajstić information content (AvgIpc) is 1.54. The van der Waals surface area contributed by atoms with Gasteiger partial charge in [-0.25, -0.2) is 19.9 Å². The quantitative estimate of drug-likeness (QED) is 0.0862. The number of benzene rings is 8. The summed E-state index contributed by atoms with van der Waals surface area (Å²) in [5.74, 6) is 4.82. The number of pyridine rings is 2. The van der Waals surface area contributed by atoms with E-state index in [0.29, 0.717) is 34.4 Å². The Morgan fingerprint density at radius 3 is 1.31 bits per heavy atom. The minimum Gasteiger partial charge on any atom is -0.496 e. The molecular formula is C80H78BClN6O6. The summed E-state index contributed by atoms with van der Waals surface area (Å²) in [5.41, 5.74) is 20.6. The summed E-state index contributed by atoms with van der Waals surface area (Å²) in [6.45, 7) is 26.5. The first kappa shape index (κ1) is 63.2. The summed E-state index contributed by atoms with van der Waals surface area (Å²) in [6, 6.07) is 66.2. The lowest BCUT2D eigenvalue weighted by atomic mass is 9.78. The van der Waals surface area contributed by atoms with E-state index in [1.165, 1.54) is 33.6 Å². The van der Waals surface area contributed by atoms with Crippen LogP contribution in [0, 0.1) is 0 Å². The Hall–Kier alpha value is -9.53. The van der Waals surface area contributed by atoms with Crippen LogP contribution < -0.4 is 14.9 Å². The topological polar surface area (TPSA) is 125 Å². The number of para-hydroxylation sites is 6. The third-order valence-electron chi connectivity index (χ3n) is 18.4. The largest absolute Gasteiger partial charge is 0.496 e. The van der Waals surface area contributed by atoms with E-state index in [1.54, 1.807) is 20.3 Å².